The van der Waals surface area contributed by atoms with Crippen molar-refractivity contribution in [1.29, 1.82) is 0 Å². The molecule has 0 bridgehead atoms. The molecule has 1 N–H and O–H groups in total. The Morgan fingerprint density at radius 2 is 2.17 bits per heavy atom. The number of para-hydroxylation sites is 1. The van der Waals surface area contributed by atoms with E-state index >= 15 is 0 Å². The van der Waals surface area contributed by atoms with Crippen molar-refractivity contribution < 1.29 is 17.9 Å². The molecule has 0 radical (unpaired) electrons. The molecule has 2 aliphatic heterocycles. The van der Waals surface area contributed by atoms with Gasteiger partial charge in [-0.2, -0.15) is 0 Å². The normalized spacial score (nSPS) is 24.8. The molecule has 0 amide bonds. The molecule has 7 heteroatoms. The first-order valence-corrected chi connectivity index (χ1v) is 9.90. The zero-order valence-corrected chi connectivity index (χ0v) is 14.4. The Labute approximate surface area is 137 Å². The molecule has 3 rings (SSSR count). The molecular weight excluding hydrogens is 316 g/mol. The molecule has 0 unspecified atom stereocenters. The van der Waals surface area contributed by atoms with Crippen LogP contribution in [0.4, 0.5) is 0 Å². The Bertz CT molecular complexity index is 662. The van der Waals surface area contributed by atoms with Gasteiger partial charge in [-0.3, -0.25) is 0 Å². The molecule has 0 aromatic heterocycles. The summed E-state index contributed by atoms with van der Waals surface area (Å²) in [5, 5.41) is 3.58. The zero-order valence-electron chi connectivity index (χ0n) is 13.6. The fraction of sp³-hybridized carbons (Fsp3) is 0.625. The predicted molar refractivity (Wildman–Crippen MR) is 88.0 cm³/mol. The Kier molecular flexibility index (Phi) is 4.79. The minimum Gasteiger partial charge on any atom is -0.454 e. The van der Waals surface area contributed by atoms with Crippen molar-refractivity contribution in [3.8, 4) is 11.5 Å². The maximum Gasteiger partial charge on any atom is 0.231 e. The topological polar surface area (TPSA) is 67.9 Å². The van der Waals surface area contributed by atoms with Gasteiger partial charge in [0, 0.05) is 31.2 Å². The van der Waals surface area contributed by atoms with Gasteiger partial charge in [0.25, 0.3) is 0 Å². The van der Waals surface area contributed by atoms with E-state index in [4.69, 9.17) is 9.47 Å². The van der Waals surface area contributed by atoms with E-state index in [-0.39, 0.29) is 6.79 Å². The average molecular weight is 340 g/mol. The number of sulfonamides is 1. The van der Waals surface area contributed by atoms with Crippen molar-refractivity contribution in [1.82, 2.24) is 9.62 Å². The number of nitrogens with zero attached hydrogens (tertiary/aromatic N) is 1. The van der Waals surface area contributed by atoms with E-state index in [1.165, 1.54) is 6.26 Å². The van der Waals surface area contributed by atoms with Crippen LogP contribution in [0.5, 0.6) is 11.5 Å². The van der Waals surface area contributed by atoms with E-state index in [1.54, 1.807) is 4.31 Å². The molecule has 0 spiro atoms. The van der Waals surface area contributed by atoms with E-state index in [0.29, 0.717) is 31.6 Å². The number of ether oxygens (including phenoxy) is 2. The Morgan fingerprint density at radius 3 is 2.91 bits per heavy atom. The molecule has 6 nitrogen and oxygen atoms in total. The van der Waals surface area contributed by atoms with Gasteiger partial charge in [0.2, 0.25) is 16.8 Å². The summed E-state index contributed by atoms with van der Waals surface area (Å²) in [6.45, 7) is 4.27. The Balaban J connectivity index is 1.64. The van der Waals surface area contributed by atoms with Crippen LogP contribution in [0.1, 0.15) is 25.3 Å². The second-order valence-electron chi connectivity index (χ2n) is 6.22. The lowest BCUT2D eigenvalue weighted by molar-refractivity contribution is 0.172. The van der Waals surface area contributed by atoms with E-state index in [2.05, 4.69) is 12.2 Å². The van der Waals surface area contributed by atoms with Crippen molar-refractivity contribution in [3.05, 3.63) is 23.8 Å². The third-order valence-corrected chi connectivity index (χ3v) is 5.99. The van der Waals surface area contributed by atoms with Crippen molar-refractivity contribution in [2.75, 3.05) is 26.1 Å². The summed E-state index contributed by atoms with van der Waals surface area (Å²) in [5.41, 5.74) is 1.08. The summed E-state index contributed by atoms with van der Waals surface area (Å²) in [4.78, 5) is 0. The van der Waals surface area contributed by atoms with Crippen LogP contribution in [0.25, 0.3) is 0 Å². The van der Waals surface area contributed by atoms with Gasteiger partial charge in [-0.15, -0.1) is 0 Å². The second-order valence-corrected chi connectivity index (χ2v) is 8.20. The SMILES string of the molecule is CC[C@@H]1CN(S(C)(=O)=O)CC[C@H]1NCc1cccc2c1OCO2. The van der Waals surface area contributed by atoms with E-state index < -0.39 is 10.0 Å². The highest BCUT2D eigenvalue weighted by Gasteiger charge is 2.32. The highest BCUT2D eigenvalue weighted by Crippen LogP contribution is 2.35. The van der Waals surface area contributed by atoms with Crippen molar-refractivity contribution in [2.45, 2.75) is 32.4 Å². The maximum atomic E-state index is 11.7. The van der Waals surface area contributed by atoms with Gasteiger partial charge in [-0.05, 0) is 18.4 Å². The highest BCUT2D eigenvalue weighted by molar-refractivity contribution is 7.88. The average Bonchev–Trinajstić information content (AvgIpc) is 3.01. The molecule has 128 valence electrons. The first-order valence-electron chi connectivity index (χ1n) is 8.05. The molecule has 1 saturated heterocycles. The highest BCUT2D eigenvalue weighted by atomic mass is 32.2. The molecule has 1 fully saturated rings. The molecule has 1 aromatic rings. The number of hydrogen-bond donors (Lipinski definition) is 1. The van der Waals surface area contributed by atoms with Gasteiger partial charge in [0.05, 0.1) is 6.26 Å². The number of nitrogens with one attached hydrogen (secondary N) is 1. The lowest BCUT2D eigenvalue weighted by atomic mass is 9.91. The fourth-order valence-corrected chi connectivity index (χ4v) is 4.25. The Hall–Kier alpha value is -1.31. The van der Waals surface area contributed by atoms with Crippen LogP contribution in [0.15, 0.2) is 18.2 Å². The van der Waals surface area contributed by atoms with Crippen molar-refractivity contribution in [2.24, 2.45) is 5.92 Å². The Morgan fingerprint density at radius 1 is 1.35 bits per heavy atom. The molecule has 2 aliphatic rings. The molecule has 2 atom stereocenters. The number of rotatable bonds is 5. The third-order valence-electron chi connectivity index (χ3n) is 4.72. The van der Waals surface area contributed by atoms with Crippen molar-refractivity contribution in [3.63, 3.8) is 0 Å². The first-order chi connectivity index (χ1) is 11.0. The van der Waals surface area contributed by atoms with Crippen molar-refractivity contribution >= 4 is 10.0 Å². The molecule has 23 heavy (non-hydrogen) atoms. The summed E-state index contributed by atoms with van der Waals surface area (Å²) in [6, 6.07) is 6.23. The standard InChI is InChI=1S/C16H24N2O4S/c1-3-12-10-18(23(2,19)20)8-7-14(12)17-9-13-5-4-6-15-16(13)22-11-21-15/h4-6,12,14,17H,3,7-11H2,1-2H3/t12-,14-/m1/s1. The fourth-order valence-electron chi connectivity index (χ4n) is 3.35. The van der Waals surface area contributed by atoms with E-state index in [9.17, 15) is 8.42 Å². The van der Waals surface area contributed by atoms with Crippen LogP contribution >= 0.6 is 0 Å². The lowest BCUT2D eigenvalue weighted by Gasteiger charge is -2.37. The number of benzene rings is 1. The van der Waals surface area contributed by atoms with E-state index in [0.717, 1.165) is 29.9 Å². The number of hydrogen-bond acceptors (Lipinski definition) is 5. The van der Waals surface area contributed by atoms with Crippen LogP contribution in [0.3, 0.4) is 0 Å². The van der Waals surface area contributed by atoms with Crippen LogP contribution < -0.4 is 14.8 Å². The van der Waals surface area contributed by atoms with Gasteiger partial charge >= 0.3 is 0 Å². The minimum atomic E-state index is -3.10. The zero-order chi connectivity index (χ0) is 16.4. The lowest BCUT2D eigenvalue weighted by Crippen LogP contribution is -2.50. The summed E-state index contributed by atoms with van der Waals surface area (Å²) >= 11 is 0. The van der Waals surface area contributed by atoms with E-state index in [1.807, 2.05) is 18.2 Å². The smallest absolute Gasteiger partial charge is 0.231 e. The largest absolute Gasteiger partial charge is 0.454 e. The summed E-state index contributed by atoms with van der Waals surface area (Å²) in [7, 11) is -3.10. The quantitative estimate of drug-likeness (QED) is 0.881. The minimum absolute atomic E-state index is 0.274. The monoisotopic (exact) mass is 340 g/mol. The van der Waals surface area contributed by atoms with Gasteiger partial charge < -0.3 is 14.8 Å². The molecule has 0 saturated carbocycles. The first kappa shape index (κ1) is 16.5. The third kappa shape index (κ3) is 3.62. The summed E-state index contributed by atoms with van der Waals surface area (Å²) < 4.78 is 36.0. The molecule has 0 aliphatic carbocycles. The molecule has 1 aromatic carbocycles. The maximum absolute atomic E-state index is 11.7. The van der Waals surface area contributed by atoms with Crippen LogP contribution in [0.2, 0.25) is 0 Å². The number of piperidine rings is 1. The molecular formula is C16H24N2O4S. The van der Waals surface area contributed by atoms with Crippen LogP contribution in [0, 0.1) is 5.92 Å². The summed E-state index contributed by atoms with van der Waals surface area (Å²) in [5.74, 6) is 1.94. The van der Waals surface area contributed by atoms with Gasteiger partial charge in [0.1, 0.15) is 0 Å². The van der Waals surface area contributed by atoms with Crippen LogP contribution in [-0.4, -0.2) is 44.9 Å². The van der Waals surface area contributed by atoms with Gasteiger partial charge in [-0.1, -0.05) is 25.5 Å². The predicted octanol–water partition coefficient (Wildman–Crippen LogP) is 1.56. The molecule has 2 heterocycles. The van der Waals surface area contributed by atoms with Gasteiger partial charge in [-0.25, -0.2) is 12.7 Å². The van der Waals surface area contributed by atoms with Gasteiger partial charge in [0.15, 0.2) is 11.5 Å². The summed E-state index contributed by atoms with van der Waals surface area (Å²) in [6.07, 6.45) is 3.08. The number of fused-ring (bicyclic) bond motifs is 1. The van der Waals surface area contributed by atoms with Crippen LogP contribution in [-0.2, 0) is 16.6 Å². The second kappa shape index (κ2) is 6.67.